The summed E-state index contributed by atoms with van der Waals surface area (Å²) in [6.45, 7) is 0.553. The van der Waals surface area contributed by atoms with Gasteiger partial charge in [0, 0.05) is 22.5 Å². The van der Waals surface area contributed by atoms with Crippen molar-refractivity contribution in [3.63, 3.8) is 0 Å². The molecule has 0 bridgehead atoms. The second-order valence-electron chi connectivity index (χ2n) is 5.92. The Kier molecular flexibility index (Phi) is 2.88. The van der Waals surface area contributed by atoms with Crippen molar-refractivity contribution in [2.45, 2.75) is 6.04 Å². The molecule has 4 aromatic rings. The van der Waals surface area contributed by atoms with Crippen molar-refractivity contribution in [1.82, 2.24) is 9.97 Å². The van der Waals surface area contributed by atoms with Crippen LogP contribution in [0.5, 0.6) is 0 Å². The Hall–Kier alpha value is -3.14. The van der Waals surface area contributed by atoms with E-state index in [1.807, 2.05) is 42.6 Å². The van der Waals surface area contributed by atoms with Gasteiger partial charge in [-0.05, 0) is 17.7 Å². The van der Waals surface area contributed by atoms with Gasteiger partial charge in [-0.3, -0.25) is 0 Å². The van der Waals surface area contributed by atoms with E-state index in [1.54, 1.807) is 0 Å². The number of aliphatic imine (C=N–C) groups is 1. The zero-order chi connectivity index (χ0) is 15.9. The summed E-state index contributed by atoms with van der Waals surface area (Å²) in [6, 6.07) is 20.5. The molecular weight excluding hydrogens is 298 g/mol. The summed E-state index contributed by atoms with van der Waals surface area (Å²) in [7, 11) is 0. The molecule has 5 rings (SSSR count). The summed E-state index contributed by atoms with van der Waals surface area (Å²) >= 11 is 0. The molecule has 1 atom stereocenters. The minimum atomic E-state index is 0.0302. The lowest BCUT2D eigenvalue weighted by Crippen LogP contribution is -2.04. The molecule has 4 heteroatoms. The van der Waals surface area contributed by atoms with Gasteiger partial charge in [-0.15, -0.1) is 0 Å². The number of hydrogen-bond donors (Lipinski definition) is 1. The normalized spacial score (nSPS) is 17.2. The molecule has 0 spiro atoms. The molecule has 0 saturated carbocycles. The molecule has 0 amide bonds. The van der Waals surface area contributed by atoms with E-state index in [9.17, 15) is 0 Å². The highest BCUT2D eigenvalue weighted by molar-refractivity contribution is 6.14. The number of aromatic nitrogens is 2. The second-order valence-corrected chi connectivity index (χ2v) is 5.92. The highest BCUT2D eigenvalue weighted by atomic mass is 16.5. The molecular formula is C20H15N3O. The van der Waals surface area contributed by atoms with Crippen LogP contribution >= 0.6 is 0 Å². The Morgan fingerprint density at radius 2 is 1.75 bits per heavy atom. The van der Waals surface area contributed by atoms with Crippen LogP contribution in [0.15, 0.2) is 71.9 Å². The fraction of sp³-hybridized carbons (Fsp3) is 0.100. The van der Waals surface area contributed by atoms with Crippen LogP contribution in [0.2, 0.25) is 0 Å². The van der Waals surface area contributed by atoms with E-state index in [1.165, 1.54) is 5.39 Å². The predicted molar refractivity (Wildman–Crippen MR) is 95.3 cm³/mol. The van der Waals surface area contributed by atoms with Gasteiger partial charge in [0.2, 0.25) is 5.90 Å². The molecule has 2 aromatic carbocycles. The molecule has 0 radical (unpaired) electrons. The van der Waals surface area contributed by atoms with Crippen molar-refractivity contribution in [2.75, 3.05) is 6.61 Å². The number of para-hydroxylation sites is 1. The second kappa shape index (κ2) is 5.20. The van der Waals surface area contributed by atoms with Crippen LogP contribution < -0.4 is 0 Å². The Bertz CT molecular complexity index is 1070. The first kappa shape index (κ1) is 13.3. The monoisotopic (exact) mass is 313 g/mol. The summed E-state index contributed by atoms with van der Waals surface area (Å²) in [5.41, 5.74) is 4.02. The molecule has 1 aliphatic heterocycles. The van der Waals surface area contributed by atoms with Crippen molar-refractivity contribution in [3.05, 3.63) is 78.1 Å². The third kappa shape index (κ3) is 2.00. The highest BCUT2D eigenvalue weighted by Gasteiger charge is 2.24. The van der Waals surface area contributed by atoms with Gasteiger partial charge in [-0.1, -0.05) is 48.5 Å². The van der Waals surface area contributed by atoms with Crippen molar-refractivity contribution >= 4 is 27.7 Å². The molecule has 3 heterocycles. The Labute approximate surface area is 138 Å². The average Bonchev–Trinajstić information content (AvgIpc) is 3.27. The number of ether oxygens (including phenoxy) is 1. The highest BCUT2D eigenvalue weighted by Crippen LogP contribution is 2.30. The van der Waals surface area contributed by atoms with Crippen LogP contribution in [-0.4, -0.2) is 22.5 Å². The van der Waals surface area contributed by atoms with Gasteiger partial charge in [-0.2, -0.15) is 0 Å². The molecule has 116 valence electrons. The summed E-state index contributed by atoms with van der Waals surface area (Å²) < 4.78 is 5.88. The average molecular weight is 313 g/mol. The smallest absolute Gasteiger partial charge is 0.238 e. The van der Waals surface area contributed by atoms with Gasteiger partial charge in [-0.25, -0.2) is 9.98 Å². The Morgan fingerprint density at radius 1 is 0.917 bits per heavy atom. The molecule has 24 heavy (non-hydrogen) atoms. The van der Waals surface area contributed by atoms with E-state index in [-0.39, 0.29) is 6.04 Å². The summed E-state index contributed by atoms with van der Waals surface area (Å²) in [5, 5.41) is 2.33. The maximum absolute atomic E-state index is 5.88. The summed E-state index contributed by atoms with van der Waals surface area (Å²) in [6.07, 6.45) is 1.82. The molecule has 0 fully saturated rings. The van der Waals surface area contributed by atoms with Crippen LogP contribution in [0, 0.1) is 0 Å². The van der Waals surface area contributed by atoms with Crippen molar-refractivity contribution in [2.24, 2.45) is 4.99 Å². The van der Waals surface area contributed by atoms with Gasteiger partial charge in [0.05, 0.1) is 5.52 Å². The largest absolute Gasteiger partial charge is 0.474 e. The number of hydrogen-bond acceptors (Lipinski definition) is 3. The summed E-state index contributed by atoms with van der Waals surface area (Å²) in [5.74, 6) is 0.612. The van der Waals surface area contributed by atoms with Crippen molar-refractivity contribution < 1.29 is 4.74 Å². The molecule has 0 aliphatic carbocycles. The Morgan fingerprint density at radius 3 is 2.67 bits per heavy atom. The van der Waals surface area contributed by atoms with E-state index < -0.39 is 0 Å². The van der Waals surface area contributed by atoms with Gasteiger partial charge < -0.3 is 9.72 Å². The zero-order valence-corrected chi connectivity index (χ0v) is 12.9. The first-order valence-electron chi connectivity index (χ1n) is 8.01. The standard InChI is InChI=1S/C20H15N3O/c1-2-6-13(7-3-1)17-12-24-20(23-17)19-18-15(10-11-21-19)14-8-4-5-9-16(14)22-18/h1-11,17,22H,12H2/t17-/m1/s1. The van der Waals surface area contributed by atoms with Gasteiger partial charge in [0.1, 0.15) is 18.3 Å². The van der Waals surface area contributed by atoms with E-state index in [4.69, 9.17) is 9.73 Å². The number of H-pyrrole nitrogens is 1. The lowest BCUT2D eigenvalue weighted by molar-refractivity contribution is 0.319. The van der Waals surface area contributed by atoms with Gasteiger partial charge in [0.15, 0.2) is 0 Å². The third-order valence-electron chi connectivity index (χ3n) is 4.47. The first-order chi connectivity index (χ1) is 11.9. The topological polar surface area (TPSA) is 50.3 Å². The number of nitrogens with one attached hydrogen (secondary N) is 1. The molecule has 4 nitrogen and oxygen atoms in total. The number of fused-ring (bicyclic) bond motifs is 3. The maximum Gasteiger partial charge on any atom is 0.238 e. The quantitative estimate of drug-likeness (QED) is 0.602. The van der Waals surface area contributed by atoms with E-state index >= 15 is 0 Å². The number of nitrogens with zero attached hydrogens (tertiary/aromatic N) is 2. The van der Waals surface area contributed by atoms with Gasteiger partial charge in [0.25, 0.3) is 0 Å². The van der Waals surface area contributed by atoms with E-state index in [0.29, 0.717) is 12.5 Å². The molecule has 0 saturated heterocycles. The van der Waals surface area contributed by atoms with Crippen LogP contribution in [0.1, 0.15) is 17.3 Å². The molecule has 1 aliphatic rings. The SMILES string of the molecule is c1ccc([C@H]2COC(c3nccc4c3[nH]c3ccccc34)=N2)cc1. The van der Waals surface area contributed by atoms with Crippen LogP contribution in [0.25, 0.3) is 21.8 Å². The molecule has 2 aromatic heterocycles. The first-order valence-corrected chi connectivity index (χ1v) is 8.01. The number of aromatic amines is 1. The van der Waals surface area contributed by atoms with Crippen LogP contribution in [0.3, 0.4) is 0 Å². The number of rotatable bonds is 2. The van der Waals surface area contributed by atoms with Crippen LogP contribution in [-0.2, 0) is 4.74 Å². The lowest BCUT2D eigenvalue weighted by Gasteiger charge is -2.03. The fourth-order valence-corrected chi connectivity index (χ4v) is 3.29. The van der Waals surface area contributed by atoms with Crippen LogP contribution in [0.4, 0.5) is 0 Å². The third-order valence-corrected chi connectivity index (χ3v) is 4.47. The van der Waals surface area contributed by atoms with E-state index in [0.717, 1.165) is 27.7 Å². The predicted octanol–water partition coefficient (Wildman–Crippen LogP) is 4.23. The van der Waals surface area contributed by atoms with Crippen molar-refractivity contribution in [3.8, 4) is 0 Å². The lowest BCUT2D eigenvalue weighted by atomic mass is 10.1. The number of pyridine rings is 1. The van der Waals surface area contributed by atoms with E-state index in [2.05, 4.69) is 34.2 Å². The van der Waals surface area contributed by atoms with Gasteiger partial charge >= 0.3 is 0 Å². The fourth-order valence-electron chi connectivity index (χ4n) is 3.29. The number of benzene rings is 2. The van der Waals surface area contributed by atoms with Crippen molar-refractivity contribution in [1.29, 1.82) is 0 Å². The molecule has 1 N–H and O–H groups in total. The summed E-state index contributed by atoms with van der Waals surface area (Å²) in [4.78, 5) is 12.7. The molecule has 0 unspecified atom stereocenters. The Balaban J connectivity index is 1.65. The maximum atomic E-state index is 5.88. The minimum Gasteiger partial charge on any atom is -0.474 e. The minimum absolute atomic E-state index is 0.0302. The zero-order valence-electron chi connectivity index (χ0n) is 12.9.